The van der Waals surface area contributed by atoms with Crippen LogP contribution in [0.25, 0.3) is 0 Å². The molecular formula is C23H30N2O3. The van der Waals surface area contributed by atoms with Crippen molar-refractivity contribution in [3.05, 3.63) is 59.7 Å². The number of piperidine rings is 1. The standard InChI is InChI=1S/C23H30N2O3/c1-18-9-7-8-14-25(18)16-20-11-4-3-10-19(20)15-24-23(26)17-28-22-13-6-5-12-21(22)27-2/h3-6,10-13,18H,7-9,14-17H2,1-2H3,(H,24,26)/t18-/m0/s1. The van der Waals surface area contributed by atoms with Gasteiger partial charge in [0.2, 0.25) is 0 Å². The van der Waals surface area contributed by atoms with E-state index in [4.69, 9.17) is 9.47 Å². The van der Waals surface area contributed by atoms with Crippen LogP contribution in [-0.4, -0.2) is 37.1 Å². The molecule has 0 unspecified atom stereocenters. The number of hydrogen-bond acceptors (Lipinski definition) is 4. The number of nitrogens with zero attached hydrogens (tertiary/aromatic N) is 1. The van der Waals surface area contributed by atoms with Gasteiger partial charge in [-0.2, -0.15) is 0 Å². The fourth-order valence-electron chi connectivity index (χ4n) is 3.62. The highest BCUT2D eigenvalue weighted by molar-refractivity contribution is 5.77. The van der Waals surface area contributed by atoms with E-state index in [0.29, 0.717) is 24.1 Å². The van der Waals surface area contributed by atoms with E-state index in [-0.39, 0.29) is 12.5 Å². The maximum Gasteiger partial charge on any atom is 0.258 e. The topological polar surface area (TPSA) is 50.8 Å². The Morgan fingerprint density at radius 1 is 1.07 bits per heavy atom. The first-order valence-electron chi connectivity index (χ1n) is 10.0. The molecular weight excluding hydrogens is 352 g/mol. The predicted molar refractivity (Wildman–Crippen MR) is 111 cm³/mol. The average molecular weight is 383 g/mol. The Morgan fingerprint density at radius 2 is 1.79 bits per heavy atom. The van der Waals surface area contributed by atoms with Crippen LogP contribution in [0.1, 0.15) is 37.3 Å². The molecule has 2 aromatic rings. The van der Waals surface area contributed by atoms with Crippen molar-refractivity contribution in [3.8, 4) is 11.5 Å². The molecule has 1 atom stereocenters. The molecule has 5 nitrogen and oxygen atoms in total. The van der Waals surface area contributed by atoms with E-state index in [1.54, 1.807) is 13.2 Å². The summed E-state index contributed by atoms with van der Waals surface area (Å²) in [6, 6.07) is 16.3. The van der Waals surface area contributed by atoms with Crippen LogP contribution in [0.4, 0.5) is 0 Å². The van der Waals surface area contributed by atoms with Crippen LogP contribution in [0.3, 0.4) is 0 Å². The second-order valence-corrected chi connectivity index (χ2v) is 7.30. The summed E-state index contributed by atoms with van der Waals surface area (Å²) in [7, 11) is 1.59. The van der Waals surface area contributed by atoms with Gasteiger partial charge in [0, 0.05) is 19.1 Å². The minimum Gasteiger partial charge on any atom is -0.493 e. The number of rotatable bonds is 8. The molecule has 0 bridgehead atoms. The lowest BCUT2D eigenvalue weighted by atomic mass is 10.0. The van der Waals surface area contributed by atoms with Crippen LogP contribution in [-0.2, 0) is 17.9 Å². The number of likely N-dealkylation sites (tertiary alicyclic amines) is 1. The van der Waals surface area contributed by atoms with Gasteiger partial charge < -0.3 is 14.8 Å². The van der Waals surface area contributed by atoms with Gasteiger partial charge in [-0.3, -0.25) is 9.69 Å². The summed E-state index contributed by atoms with van der Waals surface area (Å²) < 4.78 is 10.8. The van der Waals surface area contributed by atoms with E-state index in [1.807, 2.05) is 24.3 Å². The number of amides is 1. The highest BCUT2D eigenvalue weighted by Crippen LogP contribution is 2.25. The molecule has 0 radical (unpaired) electrons. The fourth-order valence-corrected chi connectivity index (χ4v) is 3.62. The van der Waals surface area contributed by atoms with Crippen LogP contribution < -0.4 is 14.8 Å². The first-order valence-corrected chi connectivity index (χ1v) is 10.0. The highest BCUT2D eigenvalue weighted by Gasteiger charge is 2.19. The van der Waals surface area contributed by atoms with Gasteiger partial charge in [0.1, 0.15) is 0 Å². The number of hydrogen-bond donors (Lipinski definition) is 1. The maximum absolute atomic E-state index is 12.3. The lowest BCUT2D eigenvalue weighted by Gasteiger charge is -2.33. The van der Waals surface area contributed by atoms with Crippen molar-refractivity contribution >= 4 is 5.91 Å². The Labute approximate surface area is 167 Å². The largest absolute Gasteiger partial charge is 0.493 e. The van der Waals surface area contributed by atoms with E-state index in [2.05, 4.69) is 35.3 Å². The van der Waals surface area contributed by atoms with Crippen molar-refractivity contribution < 1.29 is 14.3 Å². The first kappa shape index (κ1) is 20.2. The molecule has 5 heteroatoms. The Balaban J connectivity index is 1.53. The second-order valence-electron chi connectivity index (χ2n) is 7.30. The van der Waals surface area contributed by atoms with E-state index in [1.165, 1.54) is 24.8 Å². The maximum atomic E-state index is 12.3. The number of carbonyl (C=O) groups excluding carboxylic acids is 1. The average Bonchev–Trinajstić information content (AvgIpc) is 2.73. The smallest absolute Gasteiger partial charge is 0.258 e. The zero-order chi connectivity index (χ0) is 19.8. The van der Waals surface area contributed by atoms with Crippen molar-refractivity contribution in [3.63, 3.8) is 0 Å². The van der Waals surface area contributed by atoms with Crippen LogP contribution in [0.2, 0.25) is 0 Å². The lowest BCUT2D eigenvalue weighted by molar-refractivity contribution is -0.123. The molecule has 150 valence electrons. The number of methoxy groups -OCH3 is 1. The number of benzene rings is 2. The van der Waals surface area contributed by atoms with Crippen LogP contribution in [0, 0.1) is 0 Å². The Bertz CT molecular complexity index is 778. The van der Waals surface area contributed by atoms with E-state index in [9.17, 15) is 4.79 Å². The Kier molecular flexibility index (Phi) is 7.31. The van der Waals surface area contributed by atoms with Gasteiger partial charge in [-0.15, -0.1) is 0 Å². The zero-order valence-corrected chi connectivity index (χ0v) is 16.8. The number of para-hydroxylation sites is 2. The highest BCUT2D eigenvalue weighted by atomic mass is 16.5. The van der Waals surface area contributed by atoms with Gasteiger partial charge in [0.25, 0.3) is 5.91 Å². The third kappa shape index (κ3) is 5.49. The molecule has 0 aromatic heterocycles. The van der Waals surface area contributed by atoms with Crippen molar-refractivity contribution in [1.82, 2.24) is 10.2 Å². The molecule has 1 aliphatic rings. The third-order valence-electron chi connectivity index (χ3n) is 5.34. The monoisotopic (exact) mass is 382 g/mol. The lowest BCUT2D eigenvalue weighted by Crippen LogP contribution is -2.37. The number of ether oxygens (including phenoxy) is 2. The third-order valence-corrected chi connectivity index (χ3v) is 5.34. The molecule has 2 aromatic carbocycles. The summed E-state index contributed by atoms with van der Waals surface area (Å²) in [5.74, 6) is 1.04. The van der Waals surface area contributed by atoms with Gasteiger partial charge in [-0.1, -0.05) is 42.8 Å². The summed E-state index contributed by atoms with van der Waals surface area (Å²) in [5.41, 5.74) is 2.44. The van der Waals surface area contributed by atoms with E-state index >= 15 is 0 Å². The van der Waals surface area contributed by atoms with Crippen molar-refractivity contribution in [1.29, 1.82) is 0 Å². The molecule has 28 heavy (non-hydrogen) atoms. The van der Waals surface area contributed by atoms with Crippen LogP contribution in [0.15, 0.2) is 48.5 Å². The fraction of sp³-hybridized carbons (Fsp3) is 0.435. The molecule has 1 saturated heterocycles. The van der Waals surface area contributed by atoms with Crippen molar-refractivity contribution in [2.75, 3.05) is 20.3 Å². The van der Waals surface area contributed by atoms with Gasteiger partial charge in [-0.05, 0) is 49.6 Å². The number of nitrogens with one attached hydrogen (secondary N) is 1. The Morgan fingerprint density at radius 3 is 2.54 bits per heavy atom. The van der Waals surface area contributed by atoms with E-state index < -0.39 is 0 Å². The number of carbonyl (C=O) groups is 1. The quantitative estimate of drug-likeness (QED) is 0.755. The summed E-state index contributed by atoms with van der Waals surface area (Å²) >= 11 is 0. The minimum atomic E-state index is -0.146. The molecule has 0 spiro atoms. The SMILES string of the molecule is COc1ccccc1OCC(=O)NCc1ccccc1CN1CCCC[C@@H]1C. The minimum absolute atomic E-state index is 0.0360. The zero-order valence-electron chi connectivity index (χ0n) is 16.8. The van der Waals surface area contributed by atoms with Gasteiger partial charge in [0.15, 0.2) is 18.1 Å². The van der Waals surface area contributed by atoms with Gasteiger partial charge in [0.05, 0.1) is 7.11 Å². The molecule has 1 N–H and O–H groups in total. The summed E-state index contributed by atoms with van der Waals surface area (Å²) in [6.45, 7) is 4.86. The summed E-state index contributed by atoms with van der Waals surface area (Å²) in [5, 5.41) is 2.97. The predicted octanol–water partition coefficient (Wildman–Crippen LogP) is 3.76. The summed E-state index contributed by atoms with van der Waals surface area (Å²) in [4.78, 5) is 14.8. The van der Waals surface area contributed by atoms with Crippen molar-refractivity contribution in [2.24, 2.45) is 0 Å². The van der Waals surface area contributed by atoms with E-state index in [0.717, 1.165) is 18.7 Å². The molecule has 1 heterocycles. The molecule has 0 saturated carbocycles. The molecule has 1 amide bonds. The molecule has 3 rings (SSSR count). The second kappa shape index (κ2) is 10.1. The molecule has 1 aliphatic heterocycles. The van der Waals surface area contributed by atoms with Crippen molar-refractivity contribution in [2.45, 2.75) is 45.3 Å². The van der Waals surface area contributed by atoms with Crippen LogP contribution >= 0.6 is 0 Å². The van der Waals surface area contributed by atoms with Crippen LogP contribution in [0.5, 0.6) is 11.5 Å². The normalized spacial score (nSPS) is 17.1. The molecule has 0 aliphatic carbocycles. The Hall–Kier alpha value is -2.53. The summed E-state index contributed by atoms with van der Waals surface area (Å²) in [6.07, 6.45) is 3.85. The van der Waals surface area contributed by atoms with Gasteiger partial charge >= 0.3 is 0 Å². The van der Waals surface area contributed by atoms with Gasteiger partial charge in [-0.25, -0.2) is 0 Å². The first-order chi connectivity index (χ1) is 13.7. The molecule has 1 fully saturated rings.